The highest BCUT2D eigenvalue weighted by molar-refractivity contribution is 6.44. The summed E-state index contributed by atoms with van der Waals surface area (Å²) in [5.74, 6) is 0.777. The number of nitrogens with zero attached hydrogens (tertiary/aromatic N) is 1. The number of carbonyl (C=O) groups is 1. The van der Waals surface area contributed by atoms with Crippen molar-refractivity contribution >= 4 is 34.8 Å². The zero-order valence-electron chi connectivity index (χ0n) is 15.1. The number of anilines is 1. The number of ether oxygens (including phenoxy) is 1. The van der Waals surface area contributed by atoms with Gasteiger partial charge in [0.05, 0.1) is 21.3 Å². The third-order valence-corrected chi connectivity index (χ3v) is 5.08. The summed E-state index contributed by atoms with van der Waals surface area (Å²) < 4.78 is 11.0. The Morgan fingerprint density at radius 2 is 1.93 bits per heavy atom. The minimum absolute atomic E-state index is 0.146. The van der Waals surface area contributed by atoms with E-state index in [0.717, 1.165) is 5.56 Å². The number of hydrogen-bond acceptors (Lipinski definition) is 4. The van der Waals surface area contributed by atoms with Gasteiger partial charge in [-0.15, -0.1) is 0 Å². The fourth-order valence-electron chi connectivity index (χ4n) is 2.48. The predicted molar refractivity (Wildman–Crippen MR) is 106 cm³/mol. The monoisotopic (exact) mass is 404 g/mol. The van der Waals surface area contributed by atoms with Gasteiger partial charge in [0, 0.05) is 0 Å². The standard InChI is InChI=1S/C20H18Cl2N2O3/c1-11-7-8-14(9-12(11)2)26-10-15-13(3)27-24-19(15)20(25)23-17-6-4-5-16(21)18(17)22/h4-9H,10H2,1-3H3,(H,23,25). The molecule has 3 aromatic rings. The van der Waals surface area contributed by atoms with Crippen LogP contribution in [0.5, 0.6) is 5.75 Å². The van der Waals surface area contributed by atoms with Crippen LogP contribution in [0, 0.1) is 20.8 Å². The molecule has 0 aliphatic carbocycles. The number of rotatable bonds is 5. The Balaban J connectivity index is 1.78. The molecule has 1 aromatic heterocycles. The van der Waals surface area contributed by atoms with E-state index < -0.39 is 5.91 Å². The Kier molecular flexibility index (Phi) is 5.73. The third kappa shape index (κ3) is 4.26. The maximum atomic E-state index is 12.6. The van der Waals surface area contributed by atoms with Crippen LogP contribution in [0.15, 0.2) is 40.9 Å². The Labute approximate surface area is 167 Å². The summed E-state index contributed by atoms with van der Waals surface area (Å²) in [5.41, 5.74) is 3.43. The van der Waals surface area contributed by atoms with Crippen LogP contribution in [-0.4, -0.2) is 11.1 Å². The lowest BCUT2D eigenvalue weighted by Gasteiger charge is -2.10. The average molecular weight is 405 g/mol. The van der Waals surface area contributed by atoms with Crippen LogP contribution >= 0.6 is 23.2 Å². The fraction of sp³-hybridized carbons (Fsp3) is 0.200. The Hall–Kier alpha value is -2.50. The Morgan fingerprint density at radius 3 is 2.67 bits per heavy atom. The van der Waals surface area contributed by atoms with Gasteiger partial charge < -0.3 is 14.6 Å². The maximum absolute atomic E-state index is 12.6. The van der Waals surface area contributed by atoms with Crippen molar-refractivity contribution in [3.05, 3.63) is 74.6 Å². The van der Waals surface area contributed by atoms with Crippen molar-refractivity contribution in [3.63, 3.8) is 0 Å². The van der Waals surface area contributed by atoms with Crippen LogP contribution in [0.2, 0.25) is 10.0 Å². The van der Waals surface area contributed by atoms with Gasteiger partial charge in [-0.3, -0.25) is 4.79 Å². The number of aromatic nitrogens is 1. The van der Waals surface area contributed by atoms with Crippen molar-refractivity contribution in [3.8, 4) is 5.75 Å². The number of hydrogen-bond donors (Lipinski definition) is 1. The van der Waals surface area contributed by atoms with Crippen molar-refractivity contribution in [2.75, 3.05) is 5.32 Å². The molecule has 0 atom stereocenters. The number of amides is 1. The van der Waals surface area contributed by atoms with E-state index in [2.05, 4.69) is 10.5 Å². The number of aryl methyl sites for hydroxylation is 3. The molecule has 140 valence electrons. The van der Waals surface area contributed by atoms with Crippen molar-refractivity contribution in [1.82, 2.24) is 5.16 Å². The first-order chi connectivity index (χ1) is 12.9. The first-order valence-corrected chi connectivity index (χ1v) is 9.03. The smallest absolute Gasteiger partial charge is 0.278 e. The van der Waals surface area contributed by atoms with Gasteiger partial charge in [0.15, 0.2) is 5.69 Å². The predicted octanol–water partition coefficient (Wildman–Crippen LogP) is 5.74. The zero-order valence-corrected chi connectivity index (χ0v) is 16.6. The molecule has 3 rings (SSSR count). The summed E-state index contributed by atoms with van der Waals surface area (Å²) in [7, 11) is 0. The topological polar surface area (TPSA) is 64.4 Å². The van der Waals surface area contributed by atoms with E-state index in [9.17, 15) is 4.79 Å². The van der Waals surface area contributed by atoms with Crippen LogP contribution < -0.4 is 10.1 Å². The van der Waals surface area contributed by atoms with Crippen molar-refractivity contribution in [2.24, 2.45) is 0 Å². The first-order valence-electron chi connectivity index (χ1n) is 8.27. The molecule has 1 amide bonds. The summed E-state index contributed by atoms with van der Waals surface area (Å²) in [6.07, 6.45) is 0. The van der Waals surface area contributed by atoms with Gasteiger partial charge in [-0.05, 0) is 56.2 Å². The minimum Gasteiger partial charge on any atom is -0.489 e. The highest BCUT2D eigenvalue weighted by Gasteiger charge is 2.21. The molecule has 0 unspecified atom stereocenters. The Morgan fingerprint density at radius 1 is 1.15 bits per heavy atom. The lowest BCUT2D eigenvalue weighted by molar-refractivity contribution is 0.101. The van der Waals surface area contributed by atoms with Gasteiger partial charge in [-0.25, -0.2) is 0 Å². The first kappa shape index (κ1) is 19.3. The Bertz CT molecular complexity index is 999. The molecule has 0 fully saturated rings. The summed E-state index contributed by atoms with van der Waals surface area (Å²) in [6, 6.07) is 10.8. The second-order valence-electron chi connectivity index (χ2n) is 6.16. The van der Waals surface area contributed by atoms with Crippen LogP contribution in [-0.2, 0) is 6.61 Å². The van der Waals surface area contributed by atoms with Crippen molar-refractivity contribution in [2.45, 2.75) is 27.4 Å². The highest BCUT2D eigenvalue weighted by atomic mass is 35.5. The molecule has 27 heavy (non-hydrogen) atoms. The molecule has 0 radical (unpaired) electrons. The van der Waals surface area contributed by atoms with Gasteiger partial charge in [-0.1, -0.05) is 40.5 Å². The van der Waals surface area contributed by atoms with Gasteiger partial charge in [0.1, 0.15) is 18.1 Å². The molecule has 2 aromatic carbocycles. The zero-order chi connectivity index (χ0) is 19.6. The summed E-state index contributed by atoms with van der Waals surface area (Å²) >= 11 is 12.1. The average Bonchev–Trinajstić information content (AvgIpc) is 3.01. The molecule has 7 heteroatoms. The van der Waals surface area contributed by atoms with Gasteiger partial charge in [-0.2, -0.15) is 0 Å². The lowest BCUT2D eigenvalue weighted by Crippen LogP contribution is -2.15. The van der Waals surface area contributed by atoms with E-state index in [-0.39, 0.29) is 17.3 Å². The number of benzene rings is 2. The van der Waals surface area contributed by atoms with Gasteiger partial charge in [0.2, 0.25) is 0 Å². The molecule has 0 spiro atoms. The molecule has 0 bridgehead atoms. The maximum Gasteiger partial charge on any atom is 0.278 e. The van der Waals surface area contributed by atoms with E-state index >= 15 is 0 Å². The molecule has 0 saturated carbocycles. The molecule has 0 aliphatic rings. The normalized spacial score (nSPS) is 10.7. The van der Waals surface area contributed by atoms with E-state index in [0.29, 0.717) is 27.8 Å². The van der Waals surface area contributed by atoms with E-state index in [1.165, 1.54) is 5.56 Å². The van der Waals surface area contributed by atoms with Crippen LogP contribution in [0.1, 0.15) is 32.9 Å². The molecular weight excluding hydrogens is 387 g/mol. The highest BCUT2D eigenvalue weighted by Crippen LogP contribution is 2.30. The molecular formula is C20H18Cl2N2O3. The SMILES string of the molecule is Cc1ccc(OCc2c(C(=O)Nc3cccc(Cl)c3Cl)noc2C)cc1C. The quantitative estimate of drug-likeness (QED) is 0.588. The second kappa shape index (κ2) is 8.03. The molecule has 5 nitrogen and oxygen atoms in total. The van der Waals surface area contributed by atoms with Crippen LogP contribution in [0.4, 0.5) is 5.69 Å². The van der Waals surface area contributed by atoms with Crippen molar-refractivity contribution < 1.29 is 14.1 Å². The van der Waals surface area contributed by atoms with E-state index in [4.69, 9.17) is 32.5 Å². The fourth-order valence-corrected chi connectivity index (χ4v) is 2.83. The summed E-state index contributed by atoms with van der Waals surface area (Å²) in [6.45, 7) is 5.94. The largest absolute Gasteiger partial charge is 0.489 e. The summed E-state index contributed by atoms with van der Waals surface area (Å²) in [4.78, 5) is 12.6. The second-order valence-corrected chi connectivity index (χ2v) is 6.94. The third-order valence-electron chi connectivity index (χ3n) is 4.26. The molecule has 0 aliphatic heterocycles. The summed E-state index contributed by atoms with van der Waals surface area (Å²) in [5, 5.41) is 7.18. The van der Waals surface area contributed by atoms with E-state index in [1.807, 2.05) is 32.0 Å². The van der Waals surface area contributed by atoms with Crippen LogP contribution in [0.25, 0.3) is 0 Å². The van der Waals surface area contributed by atoms with Crippen molar-refractivity contribution in [1.29, 1.82) is 0 Å². The van der Waals surface area contributed by atoms with Gasteiger partial charge >= 0.3 is 0 Å². The van der Waals surface area contributed by atoms with Gasteiger partial charge in [0.25, 0.3) is 5.91 Å². The molecule has 1 heterocycles. The minimum atomic E-state index is -0.449. The molecule has 0 saturated heterocycles. The van der Waals surface area contributed by atoms with Crippen LogP contribution in [0.3, 0.4) is 0 Å². The molecule has 1 N–H and O–H groups in total. The number of carbonyl (C=O) groups excluding carboxylic acids is 1. The lowest BCUT2D eigenvalue weighted by atomic mass is 10.1. The number of nitrogens with one attached hydrogen (secondary N) is 1. The van der Waals surface area contributed by atoms with E-state index in [1.54, 1.807) is 25.1 Å². The number of halogens is 2.